The number of hydrogen-bond donors (Lipinski definition) is 0. The second-order valence-electron chi connectivity index (χ2n) is 8.15. The van der Waals surface area contributed by atoms with Crippen LogP contribution in [0.2, 0.25) is 0 Å². The first-order chi connectivity index (χ1) is 17.1. The number of hydrogen-bond acceptors (Lipinski definition) is 6. The Bertz CT molecular complexity index is 1270. The van der Waals surface area contributed by atoms with Crippen LogP contribution >= 0.6 is 11.3 Å². The average molecular weight is 490 g/mol. The van der Waals surface area contributed by atoms with E-state index in [1.54, 1.807) is 18.3 Å². The molecule has 0 amide bonds. The molecule has 3 aromatic carbocycles. The van der Waals surface area contributed by atoms with E-state index in [1.165, 1.54) is 4.88 Å². The normalized spacial score (nSPS) is 12.0. The molecule has 1 atom stereocenters. The number of fused-ring (bicyclic) bond motifs is 1. The topological polar surface area (TPSA) is 57.7 Å². The van der Waals surface area contributed by atoms with Crippen LogP contribution in [0.4, 0.5) is 0 Å². The van der Waals surface area contributed by atoms with E-state index >= 15 is 0 Å². The van der Waals surface area contributed by atoms with E-state index in [4.69, 9.17) is 19.2 Å². The van der Waals surface area contributed by atoms with Crippen molar-refractivity contribution in [3.63, 3.8) is 0 Å². The maximum atomic E-state index is 12.4. The van der Waals surface area contributed by atoms with Gasteiger partial charge in [-0.3, -0.25) is 0 Å². The van der Waals surface area contributed by atoms with E-state index in [0.29, 0.717) is 26.2 Å². The van der Waals surface area contributed by atoms with Gasteiger partial charge in [-0.2, -0.15) is 0 Å². The molecular weight excluding hydrogens is 458 g/mol. The van der Waals surface area contributed by atoms with Crippen LogP contribution in [-0.2, 0) is 27.1 Å². The van der Waals surface area contributed by atoms with E-state index in [0.717, 1.165) is 44.8 Å². The molecule has 4 aromatic rings. The summed E-state index contributed by atoms with van der Waals surface area (Å²) in [6.45, 7) is 7.12. The van der Waals surface area contributed by atoms with Crippen LogP contribution < -0.4 is 4.74 Å². The molecule has 6 heteroatoms. The highest BCUT2D eigenvalue weighted by molar-refractivity contribution is 7.15. The van der Waals surface area contributed by atoms with Crippen molar-refractivity contribution in [2.24, 2.45) is 0 Å². The summed E-state index contributed by atoms with van der Waals surface area (Å²) in [7, 11) is 0. The van der Waals surface area contributed by atoms with Crippen molar-refractivity contribution < 1.29 is 19.0 Å². The van der Waals surface area contributed by atoms with Gasteiger partial charge in [-0.25, -0.2) is 9.78 Å². The Morgan fingerprint density at radius 2 is 1.69 bits per heavy atom. The molecule has 0 spiro atoms. The number of thiazole rings is 1. The Hall–Kier alpha value is -3.22. The van der Waals surface area contributed by atoms with E-state index in [2.05, 4.69) is 31.2 Å². The first-order valence-electron chi connectivity index (χ1n) is 12.0. The predicted molar refractivity (Wildman–Crippen MR) is 141 cm³/mol. The number of esters is 1. The Labute approximate surface area is 210 Å². The molecule has 0 aliphatic rings. The van der Waals surface area contributed by atoms with Crippen LogP contribution in [0.3, 0.4) is 0 Å². The van der Waals surface area contributed by atoms with E-state index < -0.39 is 6.10 Å². The number of carbonyl (C=O) groups excluding carboxylic acids is 1. The molecule has 0 bridgehead atoms. The summed E-state index contributed by atoms with van der Waals surface area (Å²) < 4.78 is 17.1. The van der Waals surface area contributed by atoms with Crippen molar-refractivity contribution in [1.82, 2.24) is 4.98 Å². The number of aryl methyl sites for hydroxylation is 1. The Morgan fingerprint density at radius 1 is 0.943 bits per heavy atom. The number of aromatic nitrogens is 1. The molecule has 35 heavy (non-hydrogen) atoms. The maximum absolute atomic E-state index is 12.4. The van der Waals surface area contributed by atoms with Crippen LogP contribution in [0.1, 0.15) is 30.0 Å². The van der Waals surface area contributed by atoms with Crippen molar-refractivity contribution in [1.29, 1.82) is 0 Å². The van der Waals surface area contributed by atoms with Gasteiger partial charge in [0.15, 0.2) is 6.10 Å². The highest BCUT2D eigenvalue weighted by atomic mass is 32.1. The van der Waals surface area contributed by atoms with Crippen LogP contribution in [0.5, 0.6) is 5.75 Å². The van der Waals surface area contributed by atoms with Crippen LogP contribution in [0.25, 0.3) is 21.3 Å². The Kier molecular flexibility index (Phi) is 8.50. The van der Waals surface area contributed by atoms with Crippen molar-refractivity contribution >= 4 is 28.1 Å². The zero-order valence-electron chi connectivity index (χ0n) is 20.5. The molecule has 0 saturated carbocycles. The molecule has 0 aliphatic carbocycles. The minimum absolute atomic E-state index is 0.327. The fraction of sp³-hybridized carbons (Fsp3) is 0.310. The summed E-state index contributed by atoms with van der Waals surface area (Å²) in [5, 5.41) is 3.11. The third-order valence-corrected chi connectivity index (χ3v) is 6.87. The van der Waals surface area contributed by atoms with Gasteiger partial charge in [0.1, 0.15) is 10.8 Å². The molecule has 182 valence electrons. The lowest BCUT2D eigenvalue weighted by Crippen LogP contribution is -2.29. The monoisotopic (exact) mass is 489 g/mol. The summed E-state index contributed by atoms with van der Waals surface area (Å²) >= 11 is 1.72. The molecule has 1 heterocycles. The van der Waals surface area contributed by atoms with Crippen LogP contribution in [0, 0.1) is 6.92 Å². The largest absolute Gasteiger partial charge is 0.493 e. The van der Waals surface area contributed by atoms with Crippen LogP contribution in [0.15, 0.2) is 66.7 Å². The molecule has 0 N–H and O–H groups in total. The highest BCUT2D eigenvalue weighted by Crippen LogP contribution is 2.31. The van der Waals surface area contributed by atoms with Crippen LogP contribution in [-0.4, -0.2) is 36.9 Å². The number of nitrogens with zero attached hydrogens (tertiary/aromatic N) is 1. The minimum atomic E-state index is -0.624. The number of rotatable bonds is 11. The summed E-state index contributed by atoms with van der Waals surface area (Å²) in [4.78, 5) is 18.4. The number of carbonyl (C=O) groups is 1. The minimum Gasteiger partial charge on any atom is -0.493 e. The van der Waals surface area contributed by atoms with Gasteiger partial charge in [0.2, 0.25) is 0 Å². The van der Waals surface area contributed by atoms with Gasteiger partial charge in [-0.15, -0.1) is 11.3 Å². The van der Waals surface area contributed by atoms with Gasteiger partial charge in [-0.05, 0) is 37.8 Å². The van der Waals surface area contributed by atoms with E-state index in [9.17, 15) is 4.79 Å². The number of ether oxygens (including phenoxy) is 3. The zero-order chi connectivity index (χ0) is 24.6. The van der Waals surface area contributed by atoms with Gasteiger partial charge in [0.05, 0.1) is 18.9 Å². The van der Waals surface area contributed by atoms with Crippen molar-refractivity contribution in [2.45, 2.75) is 39.7 Å². The molecular formula is C29H31NO4S. The third-order valence-electron chi connectivity index (χ3n) is 5.81. The van der Waals surface area contributed by atoms with Gasteiger partial charge in [0, 0.05) is 35.3 Å². The third kappa shape index (κ3) is 6.08. The fourth-order valence-corrected chi connectivity index (χ4v) is 5.07. The first-order valence-corrected chi connectivity index (χ1v) is 12.9. The summed E-state index contributed by atoms with van der Waals surface area (Å²) in [5.41, 5.74) is 3.24. The smallest absolute Gasteiger partial charge is 0.335 e. The molecule has 0 aliphatic heterocycles. The molecule has 1 aromatic heterocycles. The summed E-state index contributed by atoms with van der Waals surface area (Å²) in [6.07, 6.45) is 0.565. The summed E-state index contributed by atoms with van der Waals surface area (Å²) in [5.74, 6) is 0.497. The second-order valence-corrected chi connectivity index (χ2v) is 9.36. The quantitative estimate of drug-likeness (QED) is 0.228. The molecule has 0 saturated heterocycles. The molecule has 4 rings (SSSR count). The lowest BCUT2D eigenvalue weighted by atomic mass is 9.99. The average Bonchev–Trinajstić information content (AvgIpc) is 3.26. The number of benzene rings is 3. The van der Waals surface area contributed by atoms with Crippen molar-refractivity contribution in [2.75, 3.05) is 19.8 Å². The van der Waals surface area contributed by atoms with Gasteiger partial charge >= 0.3 is 5.97 Å². The Morgan fingerprint density at radius 3 is 2.43 bits per heavy atom. The SMILES string of the molecule is CCOC(=O)C(Cc1ccc(OCCc2nc(-c3ccccc3)sc2C)c2ccccc12)OCC. The molecule has 5 nitrogen and oxygen atoms in total. The second kappa shape index (κ2) is 12.0. The molecule has 0 radical (unpaired) electrons. The van der Waals surface area contributed by atoms with E-state index in [1.807, 2.05) is 49.4 Å². The van der Waals surface area contributed by atoms with Crippen molar-refractivity contribution in [3.05, 3.63) is 82.9 Å². The van der Waals surface area contributed by atoms with Gasteiger partial charge < -0.3 is 14.2 Å². The predicted octanol–water partition coefficient (Wildman–Crippen LogP) is 6.40. The van der Waals surface area contributed by atoms with Crippen molar-refractivity contribution in [3.8, 4) is 16.3 Å². The lowest BCUT2D eigenvalue weighted by Gasteiger charge is -2.18. The first kappa shape index (κ1) is 24.9. The Balaban J connectivity index is 1.48. The standard InChI is InChI=1S/C29H31NO4S/c1-4-32-27(29(31)33-5-2)19-22-15-16-26(24-14-10-9-13-23(22)24)34-18-17-25-20(3)35-28(30-25)21-11-7-6-8-12-21/h6-16,27H,4-5,17-19H2,1-3H3. The maximum Gasteiger partial charge on any atom is 0.335 e. The summed E-state index contributed by atoms with van der Waals surface area (Å²) in [6, 6.07) is 22.4. The van der Waals surface area contributed by atoms with Gasteiger partial charge in [-0.1, -0.05) is 60.7 Å². The lowest BCUT2D eigenvalue weighted by molar-refractivity contribution is -0.156. The molecule has 1 unspecified atom stereocenters. The highest BCUT2D eigenvalue weighted by Gasteiger charge is 2.22. The zero-order valence-corrected chi connectivity index (χ0v) is 21.3. The fourth-order valence-electron chi connectivity index (χ4n) is 4.11. The molecule has 0 fully saturated rings. The van der Waals surface area contributed by atoms with Gasteiger partial charge in [0.25, 0.3) is 0 Å². The van der Waals surface area contributed by atoms with E-state index in [-0.39, 0.29) is 5.97 Å².